The number of H-pyrrole nitrogens is 1. The minimum atomic E-state index is -0.626. The molecule has 0 saturated heterocycles. The van der Waals surface area contributed by atoms with E-state index in [1.54, 1.807) is 21.0 Å². The van der Waals surface area contributed by atoms with Crippen LogP contribution < -0.4 is 0 Å². The van der Waals surface area contributed by atoms with Crippen molar-refractivity contribution in [3.63, 3.8) is 0 Å². The quantitative estimate of drug-likeness (QED) is 0.645. The van der Waals surface area contributed by atoms with E-state index in [4.69, 9.17) is 16.3 Å². The molecule has 0 aromatic carbocycles. The molecule has 0 atom stereocenters. The average molecular weight is 257 g/mol. The van der Waals surface area contributed by atoms with Crippen molar-refractivity contribution in [1.82, 2.24) is 9.97 Å². The molecule has 5 nitrogen and oxygen atoms in total. The van der Waals surface area contributed by atoms with E-state index in [-0.39, 0.29) is 16.7 Å². The molecule has 0 fully saturated rings. The standard InChI is InChI=1S/C11H13ClN2O3/c1-11(2,17-4)6-5-7-8(9(15)16-3)14-10(12)13-7/h1-4H3,(H,13,14). The first kappa shape index (κ1) is 13.6. The largest absolute Gasteiger partial charge is 0.464 e. The van der Waals surface area contributed by atoms with E-state index in [2.05, 4.69) is 26.5 Å². The number of hydrogen-bond acceptors (Lipinski definition) is 4. The van der Waals surface area contributed by atoms with Crippen molar-refractivity contribution in [3.8, 4) is 11.8 Å². The predicted octanol–water partition coefficient (Wildman–Crippen LogP) is 1.63. The molecule has 1 N–H and O–H groups in total. The Morgan fingerprint density at radius 1 is 1.47 bits per heavy atom. The number of carbonyl (C=O) groups excluding carboxylic acids is 1. The second-order valence-corrected chi connectivity index (χ2v) is 4.07. The van der Waals surface area contributed by atoms with E-state index in [0.717, 1.165) is 0 Å². The highest BCUT2D eigenvalue weighted by atomic mass is 35.5. The molecule has 1 rings (SSSR count). The summed E-state index contributed by atoms with van der Waals surface area (Å²) in [6.45, 7) is 3.60. The molecule has 0 aliphatic rings. The minimum absolute atomic E-state index is 0.0879. The van der Waals surface area contributed by atoms with Crippen LogP contribution >= 0.6 is 11.6 Å². The molecular formula is C11H13ClN2O3. The van der Waals surface area contributed by atoms with Crippen molar-refractivity contribution in [3.05, 3.63) is 16.7 Å². The number of ether oxygens (including phenoxy) is 2. The van der Waals surface area contributed by atoms with Gasteiger partial charge in [0.1, 0.15) is 11.3 Å². The summed E-state index contributed by atoms with van der Waals surface area (Å²) in [4.78, 5) is 17.9. The van der Waals surface area contributed by atoms with Crippen LogP contribution in [0.15, 0.2) is 0 Å². The second-order valence-electron chi connectivity index (χ2n) is 3.71. The Hall–Kier alpha value is -1.51. The number of nitrogens with one attached hydrogen (secondary N) is 1. The van der Waals surface area contributed by atoms with Gasteiger partial charge in [-0.05, 0) is 31.4 Å². The third-order valence-corrected chi connectivity index (χ3v) is 2.24. The first-order valence-electron chi connectivity index (χ1n) is 4.82. The fourth-order valence-electron chi connectivity index (χ4n) is 0.945. The highest BCUT2D eigenvalue weighted by Gasteiger charge is 2.17. The first-order chi connectivity index (χ1) is 7.89. The van der Waals surface area contributed by atoms with Gasteiger partial charge in [0.2, 0.25) is 5.28 Å². The van der Waals surface area contributed by atoms with Crippen molar-refractivity contribution < 1.29 is 14.3 Å². The molecule has 6 heteroatoms. The fraction of sp³-hybridized carbons (Fsp3) is 0.455. The van der Waals surface area contributed by atoms with E-state index in [0.29, 0.717) is 0 Å². The van der Waals surface area contributed by atoms with Crippen molar-refractivity contribution in [2.24, 2.45) is 0 Å². The topological polar surface area (TPSA) is 64.2 Å². The molecule has 0 aliphatic heterocycles. The molecule has 1 heterocycles. The van der Waals surface area contributed by atoms with Gasteiger partial charge in [0.15, 0.2) is 5.69 Å². The molecule has 0 amide bonds. The summed E-state index contributed by atoms with van der Waals surface area (Å²) in [7, 11) is 2.82. The third-order valence-electron chi connectivity index (χ3n) is 2.06. The Labute approximate surface area is 104 Å². The van der Waals surface area contributed by atoms with Crippen LogP contribution in [0, 0.1) is 11.8 Å². The van der Waals surface area contributed by atoms with Crippen molar-refractivity contribution in [2.75, 3.05) is 14.2 Å². The highest BCUT2D eigenvalue weighted by molar-refractivity contribution is 6.28. The van der Waals surface area contributed by atoms with Gasteiger partial charge in [-0.25, -0.2) is 9.78 Å². The Morgan fingerprint density at radius 3 is 2.65 bits per heavy atom. The average Bonchev–Trinajstić information content (AvgIpc) is 2.67. The van der Waals surface area contributed by atoms with Gasteiger partial charge in [-0.1, -0.05) is 5.92 Å². The van der Waals surface area contributed by atoms with Gasteiger partial charge in [0, 0.05) is 7.11 Å². The molecule has 0 radical (unpaired) electrons. The highest BCUT2D eigenvalue weighted by Crippen LogP contribution is 2.12. The third kappa shape index (κ3) is 3.48. The van der Waals surface area contributed by atoms with Gasteiger partial charge >= 0.3 is 5.97 Å². The lowest BCUT2D eigenvalue weighted by Gasteiger charge is -2.13. The SMILES string of the molecule is COC(=O)c1[nH]c(Cl)nc1C#CC(C)(C)OC. The Morgan fingerprint density at radius 2 is 2.12 bits per heavy atom. The van der Waals surface area contributed by atoms with Crippen LogP contribution in [0.4, 0.5) is 0 Å². The number of rotatable bonds is 2. The van der Waals surface area contributed by atoms with Gasteiger partial charge in [-0.3, -0.25) is 0 Å². The van der Waals surface area contributed by atoms with Gasteiger partial charge in [0.25, 0.3) is 0 Å². The molecule has 0 bridgehead atoms. The number of esters is 1. The Kier molecular flexibility index (Phi) is 4.16. The zero-order chi connectivity index (χ0) is 13.1. The van der Waals surface area contributed by atoms with E-state index in [1.807, 2.05) is 0 Å². The number of methoxy groups -OCH3 is 2. The van der Waals surface area contributed by atoms with Crippen LogP contribution in [0.5, 0.6) is 0 Å². The summed E-state index contributed by atoms with van der Waals surface area (Å²) in [6.07, 6.45) is 0. The smallest absolute Gasteiger partial charge is 0.357 e. The summed E-state index contributed by atoms with van der Waals surface area (Å²) in [5, 5.41) is 0.0879. The van der Waals surface area contributed by atoms with Crippen LogP contribution in [0.2, 0.25) is 5.28 Å². The van der Waals surface area contributed by atoms with Gasteiger partial charge in [-0.2, -0.15) is 0 Å². The fourth-order valence-corrected chi connectivity index (χ4v) is 1.12. The van der Waals surface area contributed by atoms with Gasteiger partial charge in [0.05, 0.1) is 7.11 Å². The number of carbonyl (C=O) groups is 1. The van der Waals surface area contributed by atoms with Gasteiger partial charge in [-0.15, -0.1) is 0 Å². The van der Waals surface area contributed by atoms with Gasteiger partial charge < -0.3 is 14.5 Å². The molecule has 0 saturated carbocycles. The van der Waals surface area contributed by atoms with Crippen LogP contribution in [-0.4, -0.2) is 35.8 Å². The maximum Gasteiger partial charge on any atom is 0.357 e. The number of hydrogen-bond donors (Lipinski definition) is 1. The number of imidazole rings is 1. The Balaban J connectivity index is 3.11. The number of halogens is 1. The zero-order valence-electron chi connectivity index (χ0n) is 10.0. The summed E-state index contributed by atoms with van der Waals surface area (Å²) in [5.74, 6) is 5.01. The predicted molar refractivity (Wildman–Crippen MR) is 62.9 cm³/mol. The van der Waals surface area contributed by atoms with Crippen LogP contribution in [0.1, 0.15) is 30.0 Å². The van der Waals surface area contributed by atoms with Crippen molar-refractivity contribution in [2.45, 2.75) is 19.4 Å². The second kappa shape index (κ2) is 5.21. The maximum atomic E-state index is 11.4. The van der Waals surface area contributed by atoms with E-state index in [9.17, 15) is 4.79 Å². The monoisotopic (exact) mass is 256 g/mol. The lowest BCUT2D eigenvalue weighted by atomic mass is 10.1. The van der Waals surface area contributed by atoms with E-state index in [1.165, 1.54) is 7.11 Å². The number of nitrogens with zero attached hydrogens (tertiary/aromatic N) is 1. The molecule has 1 aromatic heterocycles. The summed E-state index contributed by atoms with van der Waals surface area (Å²) in [5.41, 5.74) is -0.248. The summed E-state index contributed by atoms with van der Waals surface area (Å²) < 4.78 is 9.71. The lowest BCUT2D eigenvalue weighted by Crippen LogP contribution is -2.19. The van der Waals surface area contributed by atoms with Crippen LogP contribution in [0.25, 0.3) is 0 Å². The summed E-state index contributed by atoms with van der Waals surface area (Å²) in [6, 6.07) is 0. The normalized spacial score (nSPS) is 10.6. The molecule has 0 unspecified atom stereocenters. The first-order valence-corrected chi connectivity index (χ1v) is 5.19. The molecule has 17 heavy (non-hydrogen) atoms. The van der Waals surface area contributed by atoms with Crippen LogP contribution in [-0.2, 0) is 9.47 Å². The zero-order valence-corrected chi connectivity index (χ0v) is 10.8. The Bertz CT molecular complexity index is 483. The molecule has 0 spiro atoms. The number of aromatic nitrogens is 2. The minimum Gasteiger partial charge on any atom is -0.464 e. The molecular weight excluding hydrogens is 244 g/mol. The molecule has 0 aliphatic carbocycles. The number of aromatic amines is 1. The van der Waals surface area contributed by atoms with E-state index >= 15 is 0 Å². The lowest BCUT2D eigenvalue weighted by molar-refractivity contribution is 0.0594. The molecule has 1 aromatic rings. The van der Waals surface area contributed by atoms with Crippen molar-refractivity contribution in [1.29, 1.82) is 0 Å². The van der Waals surface area contributed by atoms with Crippen molar-refractivity contribution >= 4 is 17.6 Å². The van der Waals surface area contributed by atoms with E-state index < -0.39 is 11.6 Å². The molecule has 92 valence electrons. The van der Waals surface area contributed by atoms with Crippen LogP contribution in [0.3, 0.4) is 0 Å². The summed E-state index contributed by atoms with van der Waals surface area (Å²) >= 11 is 5.68. The maximum absolute atomic E-state index is 11.4.